The minimum Gasteiger partial charge on any atom is -0.444 e. The van der Waals surface area contributed by atoms with Gasteiger partial charge < -0.3 is 25.2 Å². The van der Waals surface area contributed by atoms with Crippen molar-refractivity contribution < 1.29 is 29.0 Å². The van der Waals surface area contributed by atoms with Crippen LogP contribution < -0.4 is 15.4 Å². The van der Waals surface area contributed by atoms with Crippen molar-refractivity contribution in [3.8, 4) is 5.75 Å². The third-order valence-corrected chi connectivity index (χ3v) is 8.10. The number of nitrogens with one attached hydrogen (secondary N) is 2. The molecular weight excluding hydrogens is 448 g/mol. The fourth-order valence-corrected chi connectivity index (χ4v) is 6.46. The Morgan fingerprint density at radius 2 is 1.86 bits per heavy atom. The third kappa shape index (κ3) is 5.63. The highest BCUT2D eigenvalue weighted by Gasteiger charge is 2.54. The summed E-state index contributed by atoms with van der Waals surface area (Å²) in [7, 11) is 0. The molecule has 0 aromatic heterocycles. The first-order valence-corrected chi connectivity index (χ1v) is 12.7. The van der Waals surface area contributed by atoms with Crippen LogP contribution in [0.1, 0.15) is 76.8 Å². The Morgan fingerprint density at radius 3 is 2.60 bits per heavy atom. The van der Waals surface area contributed by atoms with E-state index in [2.05, 4.69) is 23.6 Å². The fraction of sp³-hybridized carbons (Fsp3) is 0.667. The number of rotatable bonds is 5. The van der Waals surface area contributed by atoms with Gasteiger partial charge in [0.15, 0.2) is 0 Å². The van der Waals surface area contributed by atoms with Gasteiger partial charge in [-0.3, -0.25) is 4.79 Å². The molecule has 1 aromatic rings. The van der Waals surface area contributed by atoms with Gasteiger partial charge in [0.2, 0.25) is 5.91 Å². The largest absolute Gasteiger partial charge is 0.444 e. The van der Waals surface area contributed by atoms with E-state index in [0.717, 1.165) is 38.5 Å². The number of aliphatic hydroxyl groups excluding tert-OH is 1. The Balaban J connectivity index is 1.28. The summed E-state index contributed by atoms with van der Waals surface area (Å²) in [5.41, 5.74) is 1.98. The quantitative estimate of drug-likeness (QED) is 0.434. The van der Waals surface area contributed by atoms with E-state index >= 15 is 0 Å². The average Bonchev–Trinajstić information content (AvgIpc) is 3.09. The summed E-state index contributed by atoms with van der Waals surface area (Å²) in [5.74, 6) is 1.09. The molecule has 0 aliphatic heterocycles. The zero-order chi connectivity index (χ0) is 25.4. The van der Waals surface area contributed by atoms with Crippen LogP contribution in [0.25, 0.3) is 0 Å². The van der Waals surface area contributed by atoms with Crippen molar-refractivity contribution in [3.63, 3.8) is 0 Å². The molecule has 0 heterocycles. The van der Waals surface area contributed by atoms with Crippen molar-refractivity contribution in [1.29, 1.82) is 0 Å². The van der Waals surface area contributed by atoms with Crippen LogP contribution in [-0.2, 0) is 20.7 Å². The molecule has 4 rings (SSSR count). The van der Waals surface area contributed by atoms with Crippen LogP contribution in [0, 0.1) is 17.3 Å². The molecule has 0 bridgehead atoms. The van der Waals surface area contributed by atoms with E-state index in [-0.39, 0.29) is 24.6 Å². The maximum Gasteiger partial charge on any atom is 0.408 e. The van der Waals surface area contributed by atoms with Crippen LogP contribution in [0.2, 0.25) is 0 Å². The predicted molar refractivity (Wildman–Crippen MR) is 130 cm³/mol. The predicted octanol–water partition coefficient (Wildman–Crippen LogP) is 3.45. The van der Waals surface area contributed by atoms with Crippen LogP contribution in [0.4, 0.5) is 4.79 Å². The van der Waals surface area contributed by atoms with Crippen LogP contribution in [0.3, 0.4) is 0 Å². The van der Waals surface area contributed by atoms with Crippen LogP contribution in [0.15, 0.2) is 18.2 Å². The molecular formula is C27H38N2O6. The molecule has 1 aromatic carbocycles. The van der Waals surface area contributed by atoms with Gasteiger partial charge in [-0.25, -0.2) is 9.59 Å². The van der Waals surface area contributed by atoms with Crippen molar-refractivity contribution in [2.24, 2.45) is 17.3 Å². The lowest BCUT2D eigenvalue weighted by molar-refractivity contribution is -0.135. The lowest BCUT2D eigenvalue weighted by Crippen LogP contribution is -2.43. The van der Waals surface area contributed by atoms with Crippen molar-refractivity contribution in [2.45, 2.75) is 83.8 Å². The molecule has 35 heavy (non-hydrogen) atoms. The van der Waals surface area contributed by atoms with E-state index in [1.54, 1.807) is 20.8 Å². The number of esters is 1. The molecule has 2 amide bonds. The summed E-state index contributed by atoms with van der Waals surface area (Å²) in [6, 6.07) is 5.88. The highest BCUT2D eigenvalue weighted by atomic mass is 16.6. The second-order valence-corrected chi connectivity index (χ2v) is 11.5. The Hall–Kier alpha value is -2.61. The van der Waals surface area contributed by atoms with E-state index in [4.69, 9.17) is 9.47 Å². The Labute approximate surface area is 207 Å². The molecule has 3 aliphatic rings. The number of carbonyl (C=O) groups is 3. The second-order valence-electron chi connectivity index (χ2n) is 11.5. The summed E-state index contributed by atoms with van der Waals surface area (Å²) < 4.78 is 10.5. The highest BCUT2D eigenvalue weighted by Crippen LogP contribution is 2.60. The van der Waals surface area contributed by atoms with Crippen molar-refractivity contribution in [2.75, 3.05) is 13.1 Å². The first kappa shape index (κ1) is 25.5. The number of ether oxygens (including phenoxy) is 2. The highest BCUT2D eigenvalue weighted by molar-refractivity contribution is 5.86. The summed E-state index contributed by atoms with van der Waals surface area (Å²) in [4.78, 5) is 35.8. The Kier molecular flexibility index (Phi) is 7.13. The topological polar surface area (TPSA) is 114 Å². The summed E-state index contributed by atoms with van der Waals surface area (Å²) >= 11 is 0. The van der Waals surface area contributed by atoms with E-state index in [1.165, 1.54) is 11.1 Å². The number of fused-ring (bicyclic) bond motifs is 5. The summed E-state index contributed by atoms with van der Waals surface area (Å²) in [6.45, 7) is 6.88. The maximum absolute atomic E-state index is 12.3. The van der Waals surface area contributed by atoms with Crippen LogP contribution in [-0.4, -0.2) is 47.9 Å². The first-order valence-electron chi connectivity index (χ1n) is 12.7. The third-order valence-electron chi connectivity index (χ3n) is 8.10. The van der Waals surface area contributed by atoms with Gasteiger partial charge in [0.25, 0.3) is 0 Å². The fourth-order valence-electron chi connectivity index (χ4n) is 6.46. The molecule has 5 atom stereocenters. The smallest absolute Gasteiger partial charge is 0.408 e. The molecule has 2 fully saturated rings. The normalized spacial score (nSPS) is 29.3. The SMILES string of the molecule is CC(C)(C)OC(=O)NCC(=O)NCC(=O)Oc1ccc2c(c1)CCC1C2CC[C@@]2(C)C1CC[C@@H]2O. The minimum atomic E-state index is -0.696. The van der Waals surface area contributed by atoms with Crippen molar-refractivity contribution in [3.05, 3.63) is 29.3 Å². The number of benzene rings is 1. The molecule has 3 unspecified atom stereocenters. The van der Waals surface area contributed by atoms with Crippen LogP contribution >= 0.6 is 0 Å². The summed E-state index contributed by atoms with van der Waals surface area (Å²) in [6.07, 6.45) is 5.34. The lowest BCUT2D eigenvalue weighted by Gasteiger charge is -2.50. The van der Waals surface area contributed by atoms with E-state index in [1.807, 2.05) is 12.1 Å². The number of hydrogen-bond acceptors (Lipinski definition) is 6. The van der Waals surface area contributed by atoms with Gasteiger partial charge in [-0.05, 0) is 106 Å². The van der Waals surface area contributed by atoms with E-state index < -0.39 is 23.6 Å². The van der Waals surface area contributed by atoms with Gasteiger partial charge in [-0.2, -0.15) is 0 Å². The van der Waals surface area contributed by atoms with Gasteiger partial charge >= 0.3 is 12.1 Å². The number of carbonyl (C=O) groups excluding carboxylic acids is 3. The standard InChI is InChI=1S/C27H38N2O6/c1-26(2,3)35-25(33)29-14-23(31)28-15-24(32)34-17-6-8-18-16(13-17)5-7-20-19(18)11-12-27(4)21(20)9-10-22(27)30/h6,8,13,19-22,30H,5,7,9-12,14-15H2,1-4H3,(H,28,31)(H,29,33)/t19?,20?,21?,22-,27-/m0/s1. The summed E-state index contributed by atoms with van der Waals surface area (Å²) in [5, 5.41) is 15.4. The van der Waals surface area contributed by atoms with Gasteiger partial charge in [-0.1, -0.05) is 13.0 Å². The van der Waals surface area contributed by atoms with Gasteiger partial charge in [0, 0.05) is 0 Å². The Bertz CT molecular complexity index is 986. The van der Waals surface area contributed by atoms with Crippen LogP contribution in [0.5, 0.6) is 5.75 Å². The number of aliphatic hydroxyl groups is 1. The molecule has 3 N–H and O–H groups in total. The number of hydrogen-bond donors (Lipinski definition) is 3. The van der Waals surface area contributed by atoms with E-state index in [0.29, 0.717) is 23.5 Å². The van der Waals surface area contributed by atoms with Crippen molar-refractivity contribution in [1.82, 2.24) is 10.6 Å². The molecule has 3 aliphatic carbocycles. The molecule has 0 saturated heterocycles. The average molecular weight is 487 g/mol. The monoisotopic (exact) mass is 486 g/mol. The Morgan fingerprint density at radius 1 is 1.09 bits per heavy atom. The number of alkyl carbamates (subject to hydrolysis) is 1. The van der Waals surface area contributed by atoms with Gasteiger partial charge in [-0.15, -0.1) is 0 Å². The molecule has 0 radical (unpaired) electrons. The zero-order valence-electron chi connectivity index (χ0n) is 21.2. The molecule has 192 valence electrons. The van der Waals surface area contributed by atoms with Crippen molar-refractivity contribution >= 4 is 18.0 Å². The minimum absolute atomic E-state index is 0.0565. The lowest BCUT2D eigenvalue weighted by atomic mass is 9.55. The molecule has 8 heteroatoms. The van der Waals surface area contributed by atoms with E-state index in [9.17, 15) is 19.5 Å². The molecule has 0 spiro atoms. The maximum atomic E-state index is 12.3. The van der Waals surface area contributed by atoms with Gasteiger partial charge in [0.05, 0.1) is 6.10 Å². The first-order chi connectivity index (χ1) is 16.5. The molecule has 8 nitrogen and oxygen atoms in total. The molecule has 2 saturated carbocycles. The number of amides is 2. The zero-order valence-corrected chi connectivity index (χ0v) is 21.2. The number of aryl methyl sites for hydroxylation is 1. The van der Waals surface area contributed by atoms with Gasteiger partial charge in [0.1, 0.15) is 24.4 Å². The second kappa shape index (κ2) is 9.80.